The summed E-state index contributed by atoms with van der Waals surface area (Å²) in [6, 6.07) is 10.0. The van der Waals surface area contributed by atoms with E-state index in [1.165, 1.54) is 10.9 Å². The smallest absolute Gasteiger partial charge is 0.234 e. The molecule has 0 spiro atoms. The maximum Gasteiger partial charge on any atom is 0.234 e. The first-order valence-corrected chi connectivity index (χ1v) is 6.67. The van der Waals surface area contributed by atoms with Crippen molar-refractivity contribution < 1.29 is 4.79 Å². The van der Waals surface area contributed by atoms with Crippen LogP contribution in [0.2, 0.25) is 0 Å². The van der Waals surface area contributed by atoms with Crippen LogP contribution in [0, 0.1) is 18.3 Å². The minimum Gasteiger partial charge on any atom is -0.358 e. The van der Waals surface area contributed by atoms with Crippen molar-refractivity contribution in [1.82, 2.24) is 10.3 Å². The van der Waals surface area contributed by atoms with Gasteiger partial charge in [-0.2, -0.15) is 5.26 Å². The molecule has 1 aromatic heterocycles. The third-order valence-electron chi connectivity index (χ3n) is 3.54. The first kappa shape index (κ1) is 14.1. The Kier molecular flexibility index (Phi) is 3.80. The molecule has 4 nitrogen and oxygen atoms in total. The summed E-state index contributed by atoms with van der Waals surface area (Å²) in [4.78, 5) is 14.8. The molecular weight excluding hydrogens is 250 g/mol. The molecule has 0 radical (unpaired) electrons. The monoisotopic (exact) mass is 269 g/mol. The number of aromatic nitrogens is 1. The van der Waals surface area contributed by atoms with E-state index in [0.717, 1.165) is 11.2 Å². The Bertz CT molecular complexity index is 677. The number of amides is 1. The summed E-state index contributed by atoms with van der Waals surface area (Å²) in [5, 5.41) is 12.5. The third-order valence-corrected chi connectivity index (χ3v) is 3.54. The van der Waals surface area contributed by atoms with Gasteiger partial charge in [-0.15, -0.1) is 0 Å². The number of aromatic amines is 1. The molecule has 20 heavy (non-hydrogen) atoms. The van der Waals surface area contributed by atoms with Crippen LogP contribution >= 0.6 is 0 Å². The van der Waals surface area contributed by atoms with Crippen LogP contribution in [-0.4, -0.2) is 17.4 Å². The van der Waals surface area contributed by atoms with Crippen molar-refractivity contribution >= 4 is 16.8 Å². The van der Waals surface area contributed by atoms with E-state index in [2.05, 4.69) is 36.3 Å². The van der Waals surface area contributed by atoms with Crippen LogP contribution in [0.25, 0.3) is 10.9 Å². The second-order valence-electron chi connectivity index (χ2n) is 5.67. The summed E-state index contributed by atoms with van der Waals surface area (Å²) in [5.41, 5.74) is 3.24. The summed E-state index contributed by atoms with van der Waals surface area (Å²) in [7, 11) is 0. The fraction of sp³-hybridized carbons (Fsp3) is 0.375. The van der Waals surface area contributed by atoms with E-state index < -0.39 is 0 Å². The van der Waals surface area contributed by atoms with E-state index in [-0.39, 0.29) is 17.7 Å². The molecule has 0 aliphatic carbocycles. The van der Waals surface area contributed by atoms with Gasteiger partial charge in [-0.25, -0.2) is 0 Å². The second kappa shape index (κ2) is 5.38. The Hall–Kier alpha value is -2.28. The number of fused-ring (bicyclic) bond motifs is 1. The van der Waals surface area contributed by atoms with Crippen LogP contribution in [-0.2, 0) is 10.2 Å². The van der Waals surface area contributed by atoms with Gasteiger partial charge in [0.05, 0.1) is 6.07 Å². The molecule has 0 aliphatic rings. The number of hydrogen-bond acceptors (Lipinski definition) is 2. The highest BCUT2D eigenvalue weighted by Crippen LogP contribution is 2.32. The number of H-pyrrole nitrogens is 1. The van der Waals surface area contributed by atoms with Gasteiger partial charge in [0, 0.05) is 28.6 Å². The molecule has 1 amide bonds. The molecule has 2 N–H and O–H groups in total. The van der Waals surface area contributed by atoms with Crippen LogP contribution in [0.15, 0.2) is 24.3 Å². The van der Waals surface area contributed by atoms with Gasteiger partial charge in [-0.3, -0.25) is 4.79 Å². The SMILES string of the molecule is Cc1[nH]c2ccccc2c1C(C)(C)CNC(=O)CC#N. The summed E-state index contributed by atoms with van der Waals surface area (Å²) < 4.78 is 0. The normalized spacial score (nSPS) is 11.3. The summed E-state index contributed by atoms with van der Waals surface area (Å²) in [6.07, 6.45) is -0.0943. The number of hydrogen-bond donors (Lipinski definition) is 2. The molecule has 0 atom stereocenters. The van der Waals surface area contributed by atoms with Crippen LogP contribution in [0.3, 0.4) is 0 Å². The van der Waals surface area contributed by atoms with Crippen LogP contribution in [0.4, 0.5) is 0 Å². The molecule has 4 heteroatoms. The lowest BCUT2D eigenvalue weighted by molar-refractivity contribution is -0.120. The predicted molar refractivity (Wildman–Crippen MR) is 79.3 cm³/mol. The molecule has 1 heterocycles. The number of nitriles is 1. The largest absolute Gasteiger partial charge is 0.358 e. The molecular formula is C16H19N3O. The molecule has 2 aromatic rings. The molecule has 0 fully saturated rings. The van der Waals surface area contributed by atoms with E-state index in [1.807, 2.05) is 25.1 Å². The Balaban J connectivity index is 2.30. The summed E-state index contributed by atoms with van der Waals surface area (Å²) >= 11 is 0. The molecule has 0 saturated heterocycles. The number of nitrogens with one attached hydrogen (secondary N) is 2. The molecule has 0 bridgehead atoms. The fourth-order valence-electron chi connectivity index (χ4n) is 2.69. The summed E-state index contributed by atoms with van der Waals surface area (Å²) in [5.74, 6) is -0.224. The van der Waals surface area contributed by atoms with Gasteiger partial charge in [0.2, 0.25) is 5.91 Å². The maximum absolute atomic E-state index is 11.5. The first-order chi connectivity index (χ1) is 9.45. The Morgan fingerprint density at radius 3 is 2.80 bits per heavy atom. The van der Waals surface area contributed by atoms with E-state index in [4.69, 9.17) is 5.26 Å². The Labute approximate surface area is 118 Å². The van der Waals surface area contributed by atoms with Crippen LogP contribution in [0.5, 0.6) is 0 Å². The van der Waals surface area contributed by atoms with Crippen molar-refractivity contribution in [2.75, 3.05) is 6.54 Å². The summed E-state index contributed by atoms with van der Waals surface area (Å²) in [6.45, 7) is 6.76. The van der Waals surface area contributed by atoms with E-state index in [1.54, 1.807) is 0 Å². The maximum atomic E-state index is 11.5. The lowest BCUT2D eigenvalue weighted by Gasteiger charge is -2.26. The molecule has 1 aromatic carbocycles. The van der Waals surface area contributed by atoms with Crippen LogP contribution < -0.4 is 5.32 Å². The zero-order valence-electron chi connectivity index (χ0n) is 12.1. The van der Waals surface area contributed by atoms with Gasteiger partial charge in [-0.05, 0) is 18.6 Å². The number of benzene rings is 1. The average Bonchev–Trinajstić information content (AvgIpc) is 2.73. The highest BCUT2D eigenvalue weighted by Gasteiger charge is 2.26. The molecule has 0 unspecified atom stereocenters. The van der Waals surface area contributed by atoms with Gasteiger partial charge in [0.25, 0.3) is 0 Å². The predicted octanol–water partition coefficient (Wildman–Crippen LogP) is 2.78. The number of aryl methyl sites for hydroxylation is 1. The minimum atomic E-state index is -0.224. The number of carbonyl (C=O) groups is 1. The average molecular weight is 269 g/mol. The second-order valence-corrected chi connectivity index (χ2v) is 5.67. The topological polar surface area (TPSA) is 68.7 Å². The quantitative estimate of drug-likeness (QED) is 0.896. The lowest BCUT2D eigenvalue weighted by Crippen LogP contribution is -2.36. The zero-order valence-corrected chi connectivity index (χ0v) is 12.1. The van der Waals surface area contributed by atoms with Gasteiger partial charge >= 0.3 is 0 Å². The minimum absolute atomic E-state index is 0.0943. The highest BCUT2D eigenvalue weighted by atomic mass is 16.1. The third kappa shape index (κ3) is 2.67. The standard InChI is InChI=1S/C16H19N3O/c1-11-15(12-6-4-5-7-13(12)19-11)16(2,3)10-18-14(20)8-9-17/h4-7,19H,8,10H2,1-3H3,(H,18,20). The molecule has 2 rings (SSSR count). The Morgan fingerprint density at radius 2 is 2.10 bits per heavy atom. The van der Waals surface area contributed by atoms with Gasteiger partial charge in [0.15, 0.2) is 0 Å². The first-order valence-electron chi connectivity index (χ1n) is 6.67. The van der Waals surface area contributed by atoms with E-state index >= 15 is 0 Å². The van der Waals surface area contributed by atoms with Gasteiger partial charge in [-0.1, -0.05) is 32.0 Å². The van der Waals surface area contributed by atoms with Crippen molar-refractivity contribution in [3.8, 4) is 6.07 Å². The van der Waals surface area contributed by atoms with Gasteiger partial charge < -0.3 is 10.3 Å². The van der Waals surface area contributed by atoms with Crippen molar-refractivity contribution in [3.05, 3.63) is 35.5 Å². The van der Waals surface area contributed by atoms with Crippen molar-refractivity contribution in [1.29, 1.82) is 5.26 Å². The highest BCUT2D eigenvalue weighted by molar-refractivity contribution is 5.86. The fourth-order valence-corrected chi connectivity index (χ4v) is 2.69. The Morgan fingerprint density at radius 1 is 1.40 bits per heavy atom. The van der Waals surface area contributed by atoms with E-state index in [0.29, 0.717) is 6.54 Å². The number of rotatable bonds is 4. The van der Waals surface area contributed by atoms with Crippen molar-refractivity contribution in [2.45, 2.75) is 32.6 Å². The molecule has 0 saturated carbocycles. The number of carbonyl (C=O) groups excluding carboxylic acids is 1. The molecule has 104 valence electrons. The van der Waals surface area contributed by atoms with Crippen molar-refractivity contribution in [2.24, 2.45) is 0 Å². The van der Waals surface area contributed by atoms with E-state index in [9.17, 15) is 4.79 Å². The lowest BCUT2D eigenvalue weighted by atomic mass is 9.82. The molecule has 0 aliphatic heterocycles. The zero-order chi connectivity index (χ0) is 14.8. The van der Waals surface area contributed by atoms with Crippen LogP contribution in [0.1, 0.15) is 31.5 Å². The van der Waals surface area contributed by atoms with Gasteiger partial charge in [0.1, 0.15) is 6.42 Å². The van der Waals surface area contributed by atoms with Crippen molar-refractivity contribution in [3.63, 3.8) is 0 Å². The number of para-hydroxylation sites is 1. The number of nitrogens with zero attached hydrogens (tertiary/aromatic N) is 1.